The van der Waals surface area contributed by atoms with E-state index in [4.69, 9.17) is 28.4 Å². The maximum absolute atomic E-state index is 9.86. The van der Waals surface area contributed by atoms with Crippen molar-refractivity contribution in [1.29, 1.82) is 0 Å². The maximum Gasteiger partial charge on any atom is 0.147 e. The number of aliphatic hydroxyl groups is 1. The van der Waals surface area contributed by atoms with Gasteiger partial charge in [-0.25, -0.2) is 0 Å². The average molecular weight is 1290 g/mol. The van der Waals surface area contributed by atoms with E-state index in [1.807, 2.05) is 12.1 Å². The third-order valence-corrected chi connectivity index (χ3v) is 14.8. The minimum atomic E-state index is -0.693. The summed E-state index contributed by atoms with van der Waals surface area (Å²) in [5, 5.41) is 9.86. The number of epoxide rings is 2. The van der Waals surface area contributed by atoms with Gasteiger partial charge in [-0.1, -0.05) is 59.6 Å². The van der Waals surface area contributed by atoms with Crippen molar-refractivity contribution in [2.75, 3.05) is 46.8 Å². The van der Waals surface area contributed by atoms with E-state index in [0.29, 0.717) is 19.0 Å². The van der Waals surface area contributed by atoms with Gasteiger partial charge in [0.05, 0.1) is 46.7 Å². The first-order chi connectivity index (χ1) is 26.3. The van der Waals surface area contributed by atoms with E-state index in [1.165, 1.54) is 16.7 Å². The van der Waals surface area contributed by atoms with Crippen molar-refractivity contribution >= 4 is 127 Å². The number of ether oxygens (including phenoxy) is 6. The van der Waals surface area contributed by atoms with Gasteiger partial charge < -0.3 is 33.5 Å². The number of halogens is 8. The zero-order chi connectivity index (χ0) is 41.1. The first kappa shape index (κ1) is 47.0. The van der Waals surface area contributed by atoms with Crippen LogP contribution in [-0.2, 0) is 25.0 Å². The van der Waals surface area contributed by atoms with Crippen molar-refractivity contribution in [2.45, 2.75) is 63.8 Å². The van der Waals surface area contributed by atoms with Gasteiger partial charge in [0.2, 0.25) is 0 Å². The molecule has 4 aromatic carbocycles. The summed E-state index contributed by atoms with van der Waals surface area (Å²) < 4.78 is 40.4. The summed E-state index contributed by atoms with van der Waals surface area (Å²) in [6.45, 7) is 13.9. The molecule has 3 unspecified atom stereocenters. The normalized spacial score (nSPS) is 16.8. The Bertz CT molecular complexity index is 1940. The van der Waals surface area contributed by atoms with Gasteiger partial charge in [-0.2, -0.15) is 0 Å². The van der Waals surface area contributed by atoms with Gasteiger partial charge in [-0.05, 0) is 179 Å². The van der Waals surface area contributed by atoms with Gasteiger partial charge in [0.15, 0.2) is 0 Å². The molecular formula is C41H42Br8O7. The lowest BCUT2D eigenvalue weighted by Gasteiger charge is -2.28. The molecule has 0 saturated carbocycles. The second-order valence-electron chi connectivity index (χ2n) is 14.6. The smallest absolute Gasteiger partial charge is 0.147 e. The average Bonchev–Trinajstić information content (AvgIpc) is 4.06. The summed E-state index contributed by atoms with van der Waals surface area (Å²) in [4.78, 5) is 0. The fraction of sp³-hybridized carbons (Fsp3) is 0.415. The Morgan fingerprint density at radius 3 is 1.12 bits per heavy atom. The largest absolute Gasteiger partial charge is 0.488 e. The molecule has 2 aliphatic heterocycles. The van der Waals surface area contributed by atoms with Crippen LogP contribution >= 0.6 is 127 Å². The quantitative estimate of drug-likeness (QED) is 0.119. The molecule has 3 atom stereocenters. The Balaban J connectivity index is 0.000000219. The van der Waals surface area contributed by atoms with Gasteiger partial charge >= 0.3 is 0 Å². The molecule has 0 aromatic heterocycles. The molecule has 0 bridgehead atoms. The summed E-state index contributed by atoms with van der Waals surface area (Å²) >= 11 is 29.2. The van der Waals surface area contributed by atoms with Crippen molar-refractivity contribution in [3.8, 4) is 17.2 Å². The van der Waals surface area contributed by atoms with Crippen LogP contribution in [0.5, 0.6) is 17.2 Å². The van der Waals surface area contributed by atoms with E-state index >= 15 is 0 Å². The molecule has 2 fully saturated rings. The molecule has 6 rings (SSSR count). The maximum atomic E-state index is 9.86. The van der Waals surface area contributed by atoms with Gasteiger partial charge in [0.25, 0.3) is 0 Å². The minimum absolute atomic E-state index is 0.140. The summed E-state index contributed by atoms with van der Waals surface area (Å²) in [6, 6.07) is 16.9. The third-order valence-electron chi connectivity index (χ3n) is 9.57. The van der Waals surface area contributed by atoms with E-state index in [-0.39, 0.29) is 36.3 Å². The van der Waals surface area contributed by atoms with Crippen molar-refractivity contribution in [3.05, 3.63) is 112 Å². The van der Waals surface area contributed by atoms with Crippen molar-refractivity contribution < 1.29 is 33.5 Å². The molecule has 0 amide bonds. The summed E-state index contributed by atoms with van der Waals surface area (Å²) in [7, 11) is 1.54. The van der Waals surface area contributed by atoms with Crippen LogP contribution in [0.2, 0.25) is 0 Å². The molecule has 0 radical (unpaired) electrons. The fourth-order valence-electron chi connectivity index (χ4n) is 5.62. The zero-order valence-electron chi connectivity index (χ0n) is 31.5. The van der Waals surface area contributed by atoms with E-state index in [0.717, 1.165) is 71.6 Å². The lowest BCUT2D eigenvalue weighted by molar-refractivity contribution is 0.0321. The van der Waals surface area contributed by atoms with Crippen LogP contribution in [0.25, 0.3) is 0 Å². The zero-order valence-corrected chi connectivity index (χ0v) is 44.2. The van der Waals surface area contributed by atoms with E-state index in [9.17, 15) is 5.11 Å². The predicted octanol–water partition coefficient (Wildman–Crippen LogP) is 13.4. The number of benzene rings is 4. The van der Waals surface area contributed by atoms with Crippen LogP contribution < -0.4 is 14.2 Å². The molecule has 0 aliphatic carbocycles. The standard InChI is InChI=1S/C22H24Br4O5.C19H18Br4O2/c1-22(2,13-6-18(25)21(19(26)7-13)31-11-15-10-29-15)12-4-16(23)20(17(24)5-12)30-9-14(27)8-28-3;1-10-14(20)4-11(5-15(10)21)19(2,3)12-6-16(22)18(17(23)7-12)25-9-13-8-24-13/h4-7,14-15,27H,8-11H2,1-3H3;4-7,13H,8-9H2,1-3H3. The third kappa shape index (κ3) is 12.1. The number of hydrogen-bond donors (Lipinski definition) is 1. The molecule has 15 heteroatoms. The van der Waals surface area contributed by atoms with Crippen LogP contribution in [0.15, 0.2) is 84.3 Å². The van der Waals surface area contributed by atoms with Crippen molar-refractivity contribution in [2.24, 2.45) is 0 Å². The topological polar surface area (TPSA) is 82.2 Å². The molecule has 2 aliphatic rings. The highest BCUT2D eigenvalue weighted by Crippen LogP contribution is 2.45. The first-order valence-electron chi connectivity index (χ1n) is 17.6. The van der Waals surface area contributed by atoms with Crippen LogP contribution in [0.4, 0.5) is 0 Å². The van der Waals surface area contributed by atoms with Gasteiger partial charge in [-0.15, -0.1) is 0 Å². The Morgan fingerprint density at radius 2 is 0.839 bits per heavy atom. The highest BCUT2D eigenvalue weighted by molar-refractivity contribution is 9.12. The number of aliphatic hydroxyl groups excluding tert-OH is 1. The number of rotatable bonds is 15. The van der Waals surface area contributed by atoms with Crippen LogP contribution in [0.3, 0.4) is 0 Å². The lowest BCUT2D eigenvalue weighted by Crippen LogP contribution is -2.23. The second-order valence-corrected chi connectivity index (χ2v) is 21.4. The van der Waals surface area contributed by atoms with Crippen LogP contribution in [-0.4, -0.2) is 70.2 Å². The molecule has 56 heavy (non-hydrogen) atoms. The molecule has 2 saturated heterocycles. The van der Waals surface area contributed by atoms with Crippen LogP contribution in [0.1, 0.15) is 55.5 Å². The predicted molar refractivity (Wildman–Crippen MR) is 250 cm³/mol. The van der Waals surface area contributed by atoms with Gasteiger partial charge in [0.1, 0.15) is 55.4 Å². The Hall–Kier alpha value is -0.0400. The van der Waals surface area contributed by atoms with E-state index < -0.39 is 6.10 Å². The molecule has 7 nitrogen and oxygen atoms in total. The highest BCUT2D eigenvalue weighted by Gasteiger charge is 2.30. The molecule has 304 valence electrons. The Labute approximate surface area is 396 Å². The SMILES string of the molecule is COCC(O)COc1c(Br)cc(C(C)(C)c2cc(Br)c(OCC3CO3)c(Br)c2)cc1Br.Cc1c(Br)cc(C(C)(C)c2cc(Br)c(OCC3CO3)c(Br)c2)cc1Br. The molecule has 0 spiro atoms. The molecule has 1 N–H and O–H groups in total. The lowest BCUT2D eigenvalue weighted by atomic mass is 9.78. The molecule has 2 heterocycles. The summed E-state index contributed by atoms with van der Waals surface area (Å²) in [5.41, 5.74) is 5.37. The van der Waals surface area contributed by atoms with Crippen LogP contribution in [0, 0.1) is 6.92 Å². The summed E-state index contributed by atoms with van der Waals surface area (Å²) in [6.07, 6.45) is -0.264. The van der Waals surface area contributed by atoms with E-state index in [2.05, 4.69) is 198 Å². The summed E-state index contributed by atoms with van der Waals surface area (Å²) in [5.74, 6) is 2.24. The number of methoxy groups -OCH3 is 1. The fourth-order valence-corrected chi connectivity index (χ4v) is 11.0. The van der Waals surface area contributed by atoms with Gasteiger partial charge in [0, 0.05) is 26.9 Å². The van der Waals surface area contributed by atoms with Crippen molar-refractivity contribution in [3.63, 3.8) is 0 Å². The number of hydrogen-bond acceptors (Lipinski definition) is 7. The van der Waals surface area contributed by atoms with Gasteiger partial charge in [-0.3, -0.25) is 0 Å². The van der Waals surface area contributed by atoms with E-state index in [1.54, 1.807) is 7.11 Å². The highest BCUT2D eigenvalue weighted by atomic mass is 79.9. The molecule has 4 aromatic rings. The Morgan fingerprint density at radius 1 is 0.554 bits per heavy atom. The monoisotopic (exact) mass is 1280 g/mol. The van der Waals surface area contributed by atoms with Crippen molar-refractivity contribution in [1.82, 2.24) is 0 Å². The molecular weight excluding hydrogens is 1240 g/mol. The first-order valence-corrected chi connectivity index (χ1v) is 23.9. The second kappa shape index (κ2) is 20.2. The minimum Gasteiger partial charge on any atom is -0.488 e. The Kier molecular flexibility index (Phi) is 17.0.